The Hall–Kier alpha value is -0.380. The Bertz CT molecular complexity index is 98.4. The first-order valence-electron chi connectivity index (χ1n) is 1.39. The second-order valence-electron chi connectivity index (χ2n) is 0.779. The summed E-state index contributed by atoms with van der Waals surface area (Å²) in [4.78, 5) is 19.3. The fourth-order valence-corrected chi connectivity index (χ4v) is 0.243. The average Bonchev–Trinajstić information content (AvgIpc) is 1.65. The Kier molecular flexibility index (Phi) is 2.59. The maximum Gasteiger partial charge on any atom is 0.373 e. The molecule has 0 aliphatic carbocycles. The summed E-state index contributed by atoms with van der Waals surface area (Å²) < 4.78 is 0. The zero-order chi connectivity index (χ0) is 5.86. The summed E-state index contributed by atoms with van der Waals surface area (Å²) in [7, 11) is 0. The molecule has 0 aliphatic heterocycles. The van der Waals surface area contributed by atoms with E-state index in [0.29, 0.717) is 0 Å². The zero-order valence-corrected chi connectivity index (χ0v) is 4.81. The van der Waals surface area contributed by atoms with Crippen molar-refractivity contribution in [1.29, 1.82) is 0 Å². The summed E-state index contributed by atoms with van der Waals surface area (Å²) >= 11 is 2.56. The van der Waals surface area contributed by atoms with Gasteiger partial charge in [0.2, 0.25) is 0 Å². The Morgan fingerprint density at radius 1 is 1.57 bits per heavy atom. The van der Waals surface area contributed by atoms with Crippen LogP contribution in [0.15, 0.2) is 0 Å². The SMILES string of the molecule is O=C(O)C(=O)[CH]Br. The second kappa shape index (κ2) is 2.74. The van der Waals surface area contributed by atoms with E-state index in [1.807, 2.05) is 0 Å². The van der Waals surface area contributed by atoms with Gasteiger partial charge in [-0.15, -0.1) is 0 Å². The van der Waals surface area contributed by atoms with Crippen LogP contribution in [0.5, 0.6) is 0 Å². The molecule has 0 rings (SSSR count). The van der Waals surface area contributed by atoms with Crippen molar-refractivity contribution in [2.24, 2.45) is 0 Å². The van der Waals surface area contributed by atoms with Gasteiger partial charge in [0.25, 0.3) is 5.78 Å². The topological polar surface area (TPSA) is 54.4 Å². The van der Waals surface area contributed by atoms with Crippen molar-refractivity contribution in [1.82, 2.24) is 0 Å². The van der Waals surface area contributed by atoms with E-state index in [2.05, 4.69) is 15.9 Å². The minimum Gasteiger partial charge on any atom is -0.475 e. The first-order chi connectivity index (χ1) is 3.18. The summed E-state index contributed by atoms with van der Waals surface area (Å²) in [5.41, 5.74) is 0. The number of rotatable bonds is 2. The van der Waals surface area contributed by atoms with E-state index in [1.54, 1.807) is 0 Å². The van der Waals surface area contributed by atoms with E-state index in [-0.39, 0.29) is 0 Å². The Morgan fingerprint density at radius 2 is 2.00 bits per heavy atom. The maximum atomic E-state index is 9.81. The molecule has 0 saturated carbocycles. The molecular formula is C3H2BrO3. The molecule has 4 heteroatoms. The van der Waals surface area contributed by atoms with Crippen molar-refractivity contribution in [3.05, 3.63) is 5.33 Å². The summed E-state index contributed by atoms with van der Waals surface area (Å²) in [5, 5.41) is 8.59. The highest BCUT2D eigenvalue weighted by Crippen LogP contribution is 1.88. The number of carbonyl (C=O) groups is 2. The molecule has 0 aromatic carbocycles. The third kappa shape index (κ3) is 2.33. The molecule has 0 unspecified atom stereocenters. The monoisotopic (exact) mass is 165 g/mol. The number of halogens is 1. The molecule has 0 atom stereocenters. The minimum absolute atomic E-state index is 0.815. The number of carboxylic acid groups (broad SMARTS) is 1. The Morgan fingerprint density at radius 3 is 2.00 bits per heavy atom. The number of aliphatic carboxylic acids is 1. The van der Waals surface area contributed by atoms with Crippen LogP contribution >= 0.6 is 15.9 Å². The lowest BCUT2D eigenvalue weighted by molar-refractivity contribution is -0.147. The molecule has 7 heavy (non-hydrogen) atoms. The predicted octanol–water partition coefficient (Wildman–Crippen LogP) is 0.197. The highest BCUT2D eigenvalue weighted by Gasteiger charge is 2.07. The molecule has 0 saturated heterocycles. The van der Waals surface area contributed by atoms with E-state index < -0.39 is 11.8 Å². The van der Waals surface area contributed by atoms with Gasteiger partial charge in [-0.25, -0.2) is 4.79 Å². The third-order valence-electron chi connectivity index (χ3n) is 0.310. The molecule has 1 N–H and O–H groups in total. The van der Waals surface area contributed by atoms with Gasteiger partial charge in [0, 0.05) is 0 Å². The van der Waals surface area contributed by atoms with Gasteiger partial charge in [-0.05, 0) is 0 Å². The van der Waals surface area contributed by atoms with Gasteiger partial charge < -0.3 is 5.11 Å². The lowest BCUT2D eigenvalue weighted by Crippen LogP contribution is -2.09. The van der Waals surface area contributed by atoms with Gasteiger partial charge in [-0.1, -0.05) is 15.9 Å². The first-order valence-corrected chi connectivity index (χ1v) is 2.30. The fourth-order valence-electron chi connectivity index (χ4n) is 0.0467. The van der Waals surface area contributed by atoms with Crippen LogP contribution in [0, 0.1) is 5.33 Å². The predicted molar refractivity (Wildman–Crippen MR) is 25.9 cm³/mol. The van der Waals surface area contributed by atoms with Crippen LogP contribution in [0.25, 0.3) is 0 Å². The molecule has 0 bridgehead atoms. The standard InChI is InChI=1S/C3H2BrO3/c4-1-2(5)3(6)7/h1H,(H,6,7). The molecule has 0 spiro atoms. The van der Waals surface area contributed by atoms with Crippen LogP contribution in [0.2, 0.25) is 0 Å². The number of hydrogen-bond donors (Lipinski definition) is 1. The normalized spacial score (nSPS) is 8.14. The van der Waals surface area contributed by atoms with Gasteiger partial charge in [0.15, 0.2) is 0 Å². The van der Waals surface area contributed by atoms with E-state index in [0.717, 1.165) is 5.33 Å². The van der Waals surface area contributed by atoms with E-state index in [9.17, 15) is 9.59 Å². The van der Waals surface area contributed by atoms with Crippen molar-refractivity contribution >= 4 is 27.7 Å². The summed E-state index contributed by atoms with van der Waals surface area (Å²) in [6, 6.07) is 0. The van der Waals surface area contributed by atoms with Crippen LogP contribution in [0.1, 0.15) is 0 Å². The highest BCUT2D eigenvalue weighted by molar-refractivity contribution is 9.11. The van der Waals surface area contributed by atoms with Crippen LogP contribution in [0.3, 0.4) is 0 Å². The molecule has 0 amide bonds. The quantitative estimate of drug-likeness (QED) is 0.596. The fraction of sp³-hybridized carbons (Fsp3) is 0. The van der Waals surface area contributed by atoms with E-state index in [4.69, 9.17) is 5.11 Å². The molecular weight excluding hydrogens is 164 g/mol. The van der Waals surface area contributed by atoms with Crippen LogP contribution in [0.4, 0.5) is 0 Å². The van der Waals surface area contributed by atoms with Crippen LogP contribution in [-0.2, 0) is 9.59 Å². The molecule has 0 aromatic heterocycles. The van der Waals surface area contributed by atoms with Gasteiger partial charge in [-0.3, -0.25) is 4.79 Å². The van der Waals surface area contributed by atoms with Crippen molar-refractivity contribution in [3.8, 4) is 0 Å². The van der Waals surface area contributed by atoms with Crippen LogP contribution in [-0.4, -0.2) is 16.9 Å². The third-order valence-corrected chi connectivity index (χ3v) is 0.726. The number of carbonyl (C=O) groups excluding carboxylic acids is 1. The lowest BCUT2D eigenvalue weighted by Gasteiger charge is -1.78. The van der Waals surface area contributed by atoms with Gasteiger partial charge in [-0.2, -0.15) is 0 Å². The van der Waals surface area contributed by atoms with Crippen molar-refractivity contribution in [3.63, 3.8) is 0 Å². The number of Topliss-reactive ketones (excluding diaryl/α,β-unsaturated/α-hetero) is 1. The molecule has 0 aliphatic rings. The number of hydrogen-bond acceptors (Lipinski definition) is 2. The van der Waals surface area contributed by atoms with Crippen LogP contribution < -0.4 is 0 Å². The van der Waals surface area contributed by atoms with E-state index >= 15 is 0 Å². The molecule has 39 valence electrons. The second-order valence-corrected chi connectivity index (χ2v) is 1.24. The molecule has 3 nitrogen and oxygen atoms in total. The Labute approximate surface area is 48.5 Å². The number of ketones is 1. The smallest absolute Gasteiger partial charge is 0.373 e. The molecule has 0 aromatic rings. The molecule has 1 radical (unpaired) electrons. The lowest BCUT2D eigenvalue weighted by atomic mass is 10.5. The largest absolute Gasteiger partial charge is 0.475 e. The highest BCUT2D eigenvalue weighted by atomic mass is 79.9. The van der Waals surface area contributed by atoms with Crippen molar-refractivity contribution in [2.75, 3.05) is 0 Å². The first kappa shape index (κ1) is 6.62. The van der Waals surface area contributed by atoms with Crippen molar-refractivity contribution < 1.29 is 14.7 Å². The molecule has 0 heterocycles. The Balaban J connectivity index is 3.58. The summed E-state index contributed by atoms with van der Waals surface area (Å²) in [6.45, 7) is 0. The summed E-state index contributed by atoms with van der Waals surface area (Å²) in [5.74, 6) is -2.39. The zero-order valence-electron chi connectivity index (χ0n) is 3.22. The van der Waals surface area contributed by atoms with Gasteiger partial charge in [0.05, 0.1) is 0 Å². The van der Waals surface area contributed by atoms with Crippen molar-refractivity contribution in [2.45, 2.75) is 0 Å². The maximum absolute atomic E-state index is 9.81. The summed E-state index contributed by atoms with van der Waals surface area (Å²) in [6.07, 6.45) is 0. The molecule has 0 fully saturated rings. The van der Waals surface area contributed by atoms with E-state index in [1.165, 1.54) is 0 Å². The number of carboxylic acids is 1. The van der Waals surface area contributed by atoms with Gasteiger partial charge in [0.1, 0.15) is 5.33 Å². The van der Waals surface area contributed by atoms with Gasteiger partial charge >= 0.3 is 5.97 Å². The minimum atomic E-state index is -1.45. The average molecular weight is 166 g/mol.